The molecule has 5 nitrogen and oxygen atoms in total. The Morgan fingerprint density at radius 3 is 2.56 bits per heavy atom. The predicted octanol–water partition coefficient (Wildman–Crippen LogP) is 1.12. The molecule has 0 fully saturated rings. The lowest BCUT2D eigenvalue weighted by atomic mass is 9.96. The van der Waals surface area contributed by atoms with Crippen LogP contribution in [0.25, 0.3) is 0 Å². The molecule has 1 aromatic rings. The molecule has 0 aliphatic rings. The first kappa shape index (κ1) is 14.5. The number of carboxylic acid groups (broad SMARTS) is 1. The van der Waals surface area contributed by atoms with E-state index in [1.807, 2.05) is 0 Å². The minimum absolute atomic E-state index is 0.0351. The fraction of sp³-hybridized carbons (Fsp3) is 0.250. The van der Waals surface area contributed by atoms with Gasteiger partial charge in [0.25, 0.3) is 0 Å². The Labute approximate surface area is 112 Å². The van der Waals surface area contributed by atoms with Crippen LogP contribution in [0.4, 0.5) is 0 Å². The van der Waals surface area contributed by atoms with Gasteiger partial charge in [-0.3, -0.25) is 9.59 Å². The van der Waals surface area contributed by atoms with E-state index in [4.69, 9.17) is 5.11 Å². The zero-order valence-electron chi connectivity index (χ0n) is 9.30. The van der Waals surface area contributed by atoms with Crippen molar-refractivity contribution in [1.29, 1.82) is 0 Å². The molecule has 1 unspecified atom stereocenters. The normalized spacial score (nSPS) is 11.9. The Kier molecular flexibility index (Phi) is 5.18. The van der Waals surface area contributed by atoms with Crippen LogP contribution in [0, 0.1) is 0 Å². The summed E-state index contributed by atoms with van der Waals surface area (Å²) in [5.74, 6) is -1.57. The predicted molar refractivity (Wildman–Crippen MR) is 66.9 cm³/mol. The number of Topliss-reactive ketones (excluding diaryl/α,β-unsaturated/α-hetero) is 1. The van der Waals surface area contributed by atoms with Crippen LogP contribution in [0.15, 0.2) is 18.2 Å². The number of benzene rings is 1. The number of rotatable bonds is 6. The van der Waals surface area contributed by atoms with Gasteiger partial charge in [0, 0.05) is 12.0 Å². The van der Waals surface area contributed by atoms with Gasteiger partial charge in [-0.25, -0.2) is 4.79 Å². The Morgan fingerprint density at radius 2 is 2.06 bits per heavy atom. The van der Waals surface area contributed by atoms with Gasteiger partial charge >= 0.3 is 5.97 Å². The lowest BCUT2D eigenvalue weighted by Gasteiger charge is -2.12. The van der Waals surface area contributed by atoms with Crippen LogP contribution in [0.1, 0.15) is 27.6 Å². The maximum absolute atomic E-state index is 11.4. The lowest BCUT2D eigenvalue weighted by Crippen LogP contribution is -2.15. The smallest absolute Gasteiger partial charge is 0.337 e. The molecule has 1 aromatic carbocycles. The number of ketones is 1. The topological polar surface area (TPSA) is 91.7 Å². The first-order chi connectivity index (χ1) is 8.49. The van der Waals surface area contributed by atoms with E-state index in [-0.39, 0.29) is 23.1 Å². The fourth-order valence-electron chi connectivity index (χ4n) is 1.51. The first-order valence-corrected chi connectivity index (χ1v) is 6.18. The maximum atomic E-state index is 11.4. The number of aliphatic carboxylic acids is 1. The molecular weight excluding hydrogens is 304 g/mol. The number of aliphatic hydroxyl groups excluding tert-OH is 1. The van der Waals surface area contributed by atoms with Gasteiger partial charge in [-0.05, 0) is 17.2 Å². The number of carbonyl (C=O) groups excluding carboxylic acids is 2. The second kappa shape index (κ2) is 6.42. The van der Waals surface area contributed by atoms with Crippen molar-refractivity contribution in [3.63, 3.8) is 0 Å². The summed E-state index contributed by atoms with van der Waals surface area (Å²) in [6, 6.07) is 4.16. The molecule has 0 aromatic heterocycles. The van der Waals surface area contributed by atoms with Gasteiger partial charge in [0.2, 0.25) is 0 Å². The molecule has 0 bridgehead atoms. The van der Waals surface area contributed by atoms with Gasteiger partial charge in [-0.1, -0.05) is 28.1 Å². The Hall–Kier alpha value is -1.53. The summed E-state index contributed by atoms with van der Waals surface area (Å²) >= 11 is 3.00. The van der Waals surface area contributed by atoms with Crippen molar-refractivity contribution >= 4 is 34.0 Å². The number of aldehydes is 1. The van der Waals surface area contributed by atoms with E-state index in [1.165, 1.54) is 18.2 Å². The van der Waals surface area contributed by atoms with Crippen molar-refractivity contribution in [2.45, 2.75) is 12.5 Å². The number of hydrogen-bond acceptors (Lipinski definition) is 4. The molecule has 2 N–H and O–H groups in total. The van der Waals surface area contributed by atoms with Crippen LogP contribution in [-0.4, -0.2) is 33.6 Å². The van der Waals surface area contributed by atoms with Crippen LogP contribution in [0.2, 0.25) is 0 Å². The monoisotopic (exact) mass is 314 g/mol. The van der Waals surface area contributed by atoms with E-state index >= 15 is 0 Å². The fourth-order valence-corrected chi connectivity index (χ4v) is 1.71. The van der Waals surface area contributed by atoms with E-state index in [0.717, 1.165) is 0 Å². The molecule has 0 saturated carbocycles. The van der Waals surface area contributed by atoms with Crippen LogP contribution in [0.5, 0.6) is 0 Å². The second-order valence-corrected chi connectivity index (χ2v) is 4.23. The van der Waals surface area contributed by atoms with Crippen LogP contribution in [0.3, 0.4) is 0 Å². The van der Waals surface area contributed by atoms with E-state index in [1.54, 1.807) is 0 Å². The highest BCUT2D eigenvalue weighted by atomic mass is 79.9. The molecule has 0 saturated heterocycles. The molecule has 0 radical (unpaired) electrons. The van der Waals surface area contributed by atoms with Crippen molar-refractivity contribution in [3.8, 4) is 0 Å². The van der Waals surface area contributed by atoms with Gasteiger partial charge in [-0.15, -0.1) is 0 Å². The van der Waals surface area contributed by atoms with Gasteiger partial charge in [0.1, 0.15) is 12.1 Å². The maximum Gasteiger partial charge on any atom is 0.337 e. The molecule has 1 atom stereocenters. The number of hydrogen-bond donors (Lipinski definition) is 2. The van der Waals surface area contributed by atoms with Gasteiger partial charge in [0.15, 0.2) is 6.10 Å². The average Bonchev–Trinajstić information content (AvgIpc) is 2.37. The van der Waals surface area contributed by atoms with E-state index in [9.17, 15) is 19.5 Å². The third-order valence-electron chi connectivity index (χ3n) is 2.37. The van der Waals surface area contributed by atoms with Crippen molar-refractivity contribution in [2.24, 2.45) is 0 Å². The third kappa shape index (κ3) is 3.48. The number of alkyl halides is 1. The minimum Gasteiger partial charge on any atom is -0.479 e. The number of halogens is 1. The largest absolute Gasteiger partial charge is 0.479 e. The van der Waals surface area contributed by atoms with Crippen molar-refractivity contribution < 1.29 is 24.6 Å². The zero-order valence-corrected chi connectivity index (χ0v) is 10.9. The third-order valence-corrected chi connectivity index (χ3v) is 2.99. The first-order valence-electron chi connectivity index (χ1n) is 5.06. The summed E-state index contributed by atoms with van der Waals surface area (Å²) in [5.41, 5.74) is 0.801. The van der Waals surface area contributed by atoms with Crippen molar-refractivity contribution in [2.75, 3.05) is 5.33 Å². The van der Waals surface area contributed by atoms with Crippen molar-refractivity contribution in [1.82, 2.24) is 0 Å². The molecule has 1 rings (SSSR count). The van der Waals surface area contributed by atoms with Gasteiger partial charge in [-0.2, -0.15) is 0 Å². The number of aliphatic hydroxyl groups is 1. The second-order valence-electron chi connectivity index (χ2n) is 3.67. The molecular formula is C12H11BrO5. The molecule has 0 amide bonds. The van der Waals surface area contributed by atoms with Crippen LogP contribution < -0.4 is 0 Å². The molecule has 18 heavy (non-hydrogen) atoms. The van der Waals surface area contributed by atoms with Gasteiger partial charge in [0.05, 0.1) is 5.33 Å². The minimum atomic E-state index is -1.70. The summed E-state index contributed by atoms with van der Waals surface area (Å²) in [7, 11) is 0. The summed E-state index contributed by atoms with van der Waals surface area (Å²) in [4.78, 5) is 32.8. The molecule has 0 aliphatic heterocycles. The summed E-state index contributed by atoms with van der Waals surface area (Å²) in [6.07, 6.45) is -1.14. The number of carbonyl (C=O) groups is 3. The molecule has 0 spiro atoms. The molecule has 0 aliphatic carbocycles. The average molecular weight is 315 g/mol. The molecule has 0 heterocycles. The summed E-state index contributed by atoms with van der Waals surface area (Å²) in [5, 5.41) is 18.4. The lowest BCUT2D eigenvalue weighted by molar-refractivity contribution is -0.147. The highest BCUT2D eigenvalue weighted by Crippen LogP contribution is 2.20. The van der Waals surface area contributed by atoms with Gasteiger partial charge < -0.3 is 10.2 Å². The van der Waals surface area contributed by atoms with E-state index in [2.05, 4.69) is 15.9 Å². The van der Waals surface area contributed by atoms with Crippen LogP contribution in [-0.2, 0) is 16.0 Å². The van der Waals surface area contributed by atoms with E-state index < -0.39 is 12.1 Å². The highest BCUT2D eigenvalue weighted by molar-refractivity contribution is 9.09. The quantitative estimate of drug-likeness (QED) is 0.606. The van der Waals surface area contributed by atoms with E-state index in [0.29, 0.717) is 17.4 Å². The molecule has 6 heteroatoms. The Balaban J connectivity index is 3.19. The standard InChI is InChI=1S/C12H11BrO5/c13-5-9(15)4-8-3-7(6-14)1-2-10(8)11(16)12(17)18/h1-3,6,11,16H,4-5H2,(H,17,18). The Bertz CT molecular complexity index is 483. The SMILES string of the molecule is O=Cc1ccc(C(O)C(=O)O)c(CC(=O)CBr)c1. The summed E-state index contributed by atoms with van der Waals surface area (Å²) < 4.78 is 0. The number of carboxylic acids is 1. The van der Waals surface area contributed by atoms with Crippen LogP contribution >= 0.6 is 15.9 Å². The highest BCUT2D eigenvalue weighted by Gasteiger charge is 2.20. The Morgan fingerprint density at radius 1 is 1.39 bits per heavy atom. The summed E-state index contributed by atoms with van der Waals surface area (Å²) in [6.45, 7) is 0. The molecule has 96 valence electrons. The van der Waals surface area contributed by atoms with Crippen molar-refractivity contribution in [3.05, 3.63) is 34.9 Å². The zero-order chi connectivity index (χ0) is 13.7.